The summed E-state index contributed by atoms with van der Waals surface area (Å²) in [4.78, 5) is 0. The number of aliphatic hydroxyl groups is 1. The lowest BCUT2D eigenvalue weighted by Gasteiger charge is -2.14. The first kappa shape index (κ1) is 14.6. The van der Waals surface area contributed by atoms with E-state index in [4.69, 9.17) is 10.00 Å². The molecule has 0 saturated carbocycles. The first-order chi connectivity index (χ1) is 9.60. The van der Waals surface area contributed by atoms with Gasteiger partial charge in [0, 0.05) is 10.0 Å². The molecule has 0 fully saturated rings. The van der Waals surface area contributed by atoms with Crippen LogP contribution in [0.15, 0.2) is 46.9 Å². The van der Waals surface area contributed by atoms with Gasteiger partial charge in [0.1, 0.15) is 12.4 Å². The Morgan fingerprint density at radius 3 is 2.55 bits per heavy atom. The fourth-order valence-electron chi connectivity index (χ4n) is 1.81. The summed E-state index contributed by atoms with van der Waals surface area (Å²) < 4.78 is 6.67. The van der Waals surface area contributed by atoms with Crippen molar-refractivity contribution in [1.29, 1.82) is 5.26 Å². The van der Waals surface area contributed by atoms with Gasteiger partial charge < -0.3 is 9.84 Å². The Labute approximate surface area is 126 Å². The summed E-state index contributed by atoms with van der Waals surface area (Å²) in [6, 6.07) is 14.9. The van der Waals surface area contributed by atoms with Gasteiger partial charge in [-0.25, -0.2) is 0 Å². The smallest absolute Gasteiger partial charge is 0.126 e. The number of ether oxygens (including phenoxy) is 1. The second-order valence-corrected chi connectivity index (χ2v) is 5.37. The highest BCUT2D eigenvalue weighted by Gasteiger charge is 2.10. The molecule has 2 aromatic carbocycles. The fraction of sp³-hybridized carbons (Fsp3) is 0.188. The van der Waals surface area contributed by atoms with E-state index in [1.807, 2.05) is 30.3 Å². The molecule has 0 aromatic heterocycles. The second-order valence-electron chi connectivity index (χ2n) is 4.46. The van der Waals surface area contributed by atoms with Crippen LogP contribution in [0.3, 0.4) is 0 Å². The monoisotopic (exact) mass is 331 g/mol. The number of hydrogen-bond acceptors (Lipinski definition) is 3. The number of rotatable bonds is 4. The molecule has 0 aliphatic heterocycles. The Balaban J connectivity index is 2.13. The zero-order valence-corrected chi connectivity index (χ0v) is 12.6. The average Bonchev–Trinajstić information content (AvgIpc) is 2.45. The standard InChI is InChI=1S/C16H14BrNO2/c1-11(19)15-7-6-14(17)8-16(15)20-10-13-4-2-12(9-18)3-5-13/h2-8,11,19H,10H2,1H3. The predicted molar refractivity (Wildman–Crippen MR) is 80.3 cm³/mol. The van der Waals surface area contributed by atoms with Crippen LogP contribution in [0.5, 0.6) is 5.75 Å². The van der Waals surface area contributed by atoms with Crippen molar-refractivity contribution in [2.45, 2.75) is 19.6 Å². The van der Waals surface area contributed by atoms with E-state index in [9.17, 15) is 5.11 Å². The van der Waals surface area contributed by atoms with Gasteiger partial charge in [0.25, 0.3) is 0 Å². The van der Waals surface area contributed by atoms with Gasteiger partial charge in [-0.2, -0.15) is 5.26 Å². The Hall–Kier alpha value is -1.83. The van der Waals surface area contributed by atoms with Gasteiger partial charge in [-0.3, -0.25) is 0 Å². The molecular weight excluding hydrogens is 318 g/mol. The van der Waals surface area contributed by atoms with Crippen LogP contribution < -0.4 is 4.74 Å². The van der Waals surface area contributed by atoms with Crippen molar-refractivity contribution in [1.82, 2.24) is 0 Å². The molecule has 20 heavy (non-hydrogen) atoms. The fourth-order valence-corrected chi connectivity index (χ4v) is 2.16. The van der Waals surface area contributed by atoms with E-state index in [0.29, 0.717) is 17.9 Å². The van der Waals surface area contributed by atoms with Gasteiger partial charge in [-0.1, -0.05) is 34.1 Å². The van der Waals surface area contributed by atoms with Crippen molar-refractivity contribution in [3.63, 3.8) is 0 Å². The zero-order chi connectivity index (χ0) is 14.5. The van der Waals surface area contributed by atoms with E-state index < -0.39 is 6.10 Å². The molecule has 0 aliphatic rings. The molecular formula is C16H14BrNO2. The highest BCUT2D eigenvalue weighted by molar-refractivity contribution is 9.10. The van der Waals surface area contributed by atoms with Crippen molar-refractivity contribution in [2.75, 3.05) is 0 Å². The Morgan fingerprint density at radius 1 is 1.25 bits per heavy atom. The minimum atomic E-state index is -0.584. The quantitative estimate of drug-likeness (QED) is 0.922. The van der Waals surface area contributed by atoms with E-state index in [2.05, 4.69) is 22.0 Å². The van der Waals surface area contributed by atoms with Crippen LogP contribution in [0.4, 0.5) is 0 Å². The van der Waals surface area contributed by atoms with Crippen LogP contribution in [0.1, 0.15) is 29.7 Å². The van der Waals surface area contributed by atoms with Crippen LogP contribution >= 0.6 is 15.9 Å². The summed E-state index contributed by atoms with van der Waals surface area (Å²) >= 11 is 3.39. The summed E-state index contributed by atoms with van der Waals surface area (Å²) in [5.41, 5.74) is 2.35. The van der Waals surface area contributed by atoms with Gasteiger partial charge in [0.2, 0.25) is 0 Å². The summed E-state index contributed by atoms with van der Waals surface area (Å²) in [6.45, 7) is 2.10. The summed E-state index contributed by atoms with van der Waals surface area (Å²) in [7, 11) is 0. The SMILES string of the molecule is CC(O)c1ccc(Br)cc1OCc1ccc(C#N)cc1. The number of aliphatic hydroxyl groups excluding tert-OH is 1. The predicted octanol–water partition coefficient (Wildman–Crippen LogP) is 3.95. The lowest BCUT2D eigenvalue weighted by Crippen LogP contribution is -2.01. The highest BCUT2D eigenvalue weighted by atomic mass is 79.9. The molecule has 1 atom stereocenters. The lowest BCUT2D eigenvalue weighted by atomic mass is 10.1. The third kappa shape index (κ3) is 3.60. The summed E-state index contributed by atoms with van der Waals surface area (Å²) in [5.74, 6) is 0.652. The molecule has 1 N–H and O–H groups in total. The third-order valence-electron chi connectivity index (χ3n) is 2.90. The molecule has 0 aliphatic carbocycles. The summed E-state index contributed by atoms with van der Waals surface area (Å²) in [5, 5.41) is 18.5. The molecule has 0 amide bonds. The van der Waals surface area contributed by atoms with Gasteiger partial charge in [0.05, 0.1) is 17.7 Å². The Morgan fingerprint density at radius 2 is 1.95 bits per heavy atom. The maximum atomic E-state index is 9.73. The molecule has 0 bridgehead atoms. The van der Waals surface area contributed by atoms with Crippen molar-refractivity contribution < 1.29 is 9.84 Å². The van der Waals surface area contributed by atoms with Crippen LogP contribution in [0, 0.1) is 11.3 Å². The van der Waals surface area contributed by atoms with E-state index in [1.54, 1.807) is 19.1 Å². The van der Waals surface area contributed by atoms with Gasteiger partial charge in [-0.15, -0.1) is 0 Å². The Kier molecular flexibility index (Phi) is 4.78. The van der Waals surface area contributed by atoms with E-state index >= 15 is 0 Å². The van der Waals surface area contributed by atoms with Crippen LogP contribution in [-0.4, -0.2) is 5.11 Å². The van der Waals surface area contributed by atoms with Crippen LogP contribution in [0.25, 0.3) is 0 Å². The molecule has 0 spiro atoms. The Bertz CT molecular complexity index is 630. The number of halogens is 1. The van der Waals surface area contributed by atoms with Crippen molar-refractivity contribution >= 4 is 15.9 Å². The first-order valence-electron chi connectivity index (χ1n) is 6.19. The molecule has 2 rings (SSSR count). The molecule has 0 heterocycles. The van der Waals surface area contributed by atoms with Crippen molar-refractivity contribution in [3.05, 3.63) is 63.6 Å². The molecule has 102 valence electrons. The van der Waals surface area contributed by atoms with Gasteiger partial charge >= 0.3 is 0 Å². The molecule has 0 radical (unpaired) electrons. The van der Waals surface area contributed by atoms with Gasteiger partial charge in [-0.05, 0) is 36.8 Å². The second kappa shape index (κ2) is 6.56. The average molecular weight is 332 g/mol. The normalized spacial score (nSPS) is 11.7. The topological polar surface area (TPSA) is 53.2 Å². The van der Waals surface area contributed by atoms with Gasteiger partial charge in [0.15, 0.2) is 0 Å². The van der Waals surface area contributed by atoms with Crippen LogP contribution in [-0.2, 0) is 6.61 Å². The number of benzene rings is 2. The zero-order valence-electron chi connectivity index (χ0n) is 11.0. The highest BCUT2D eigenvalue weighted by Crippen LogP contribution is 2.29. The molecule has 4 heteroatoms. The maximum absolute atomic E-state index is 9.73. The molecule has 0 saturated heterocycles. The van der Waals surface area contributed by atoms with E-state index in [-0.39, 0.29) is 0 Å². The van der Waals surface area contributed by atoms with E-state index in [1.165, 1.54) is 0 Å². The number of hydrogen-bond donors (Lipinski definition) is 1. The molecule has 1 unspecified atom stereocenters. The molecule has 2 aromatic rings. The number of nitrogens with zero attached hydrogens (tertiary/aromatic N) is 1. The largest absolute Gasteiger partial charge is 0.488 e. The molecule has 3 nitrogen and oxygen atoms in total. The third-order valence-corrected chi connectivity index (χ3v) is 3.40. The van der Waals surface area contributed by atoms with Crippen molar-refractivity contribution in [2.24, 2.45) is 0 Å². The van der Waals surface area contributed by atoms with E-state index in [0.717, 1.165) is 15.6 Å². The maximum Gasteiger partial charge on any atom is 0.126 e. The van der Waals surface area contributed by atoms with Crippen molar-refractivity contribution in [3.8, 4) is 11.8 Å². The minimum Gasteiger partial charge on any atom is -0.488 e. The number of nitriles is 1. The van der Waals surface area contributed by atoms with Crippen LogP contribution in [0.2, 0.25) is 0 Å². The first-order valence-corrected chi connectivity index (χ1v) is 6.99. The minimum absolute atomic E-state index is 0.391. The summed E-state index contributed by atoms with van der Waals surface area (Å²) in [6.07, 6.45) is -0.584. The lowest BCUT2D eigenvalue weighted by molar-refractivity contribution is 0.190.